The molecule has 0 aromatic heterocycles. The number of benzene rings is 1. The van der Waals surface area contributed by atoms with Crippen LogP contribution in [-0.2, 0) is 57.1 Å². The maximum Gasteiger partial charge on any atom is 0.460 e. The van der Waals surface area contributed by atoms with E-state index < -0.39 is 299 Å². The van der Waals surface area contributed by atoms with Crippen LogP contribution in [-0.4, -0.2) is 249 Å². The highest BCUT2D eigenvalue weighted by Crippen LogP contribution is 2.69. The minimum absolute atomic E-state index is 0.437. The molecule has 0 bridgehead atoms. The smallest absolute Gasteiger partial charge is 0.460 e. The summed E-state index contributed by atoms with van der Waals surface area (Å²) in [4.78, 5) is 48.4. The molecule has 122 heavy (non-hydrogen) atoms. The Hall–Kier alpha value is -7.03. The van der Waals surface area contributed by atoms with Gasteiger partial charge in [-0.2, -0.15) is 224 Å². The van der Waals surface area contributed by atoms with Gasteiger partial charge in [0, 0.05) is 66.8 Å². The van der Waals surface area contributed by atoms with Gasteiger partial charge >= 0.3 is 167 Å². The van der Waals surface area contributed by atoms with Gasteiger partial charge in [0.1, 0.15) is 43.0 Å². The summed E-state index contributed by atoms with van der Waals surface area (Å²) in [5.41, 5.74) is 0. The van der Waals surface area contributed by atoms with E-state index in [1.807, 2.05) is 0 Å². The molecule has 1 aliphatic rings. The number of alkyl halides is 51. The Balaban J connectivity index is 3.04. The van der Waals surface area contributed by atoms with Crippen LogP contribution in [0.3, 0.4) is 0 Å². The van der Waals surface area contributed by atoms with Crippen LogP contribution in [0.5, 0.6) is 11.5 Å². The van der Waals surface area contributed by atoms with Crippen LogP contribution in [0.2, 0.25) is 0 Å². The van der Waals surface area contributed by atoms with E-state index >= 15 is 17.6 Å². The average molecular weight is 1920 g/mol. The molecular formula is C57H47F51O14. The zero-order valence-electron chi connectivity index (χ0n) is 58.8. The number of hydrogen-bond donors (Lipinski definition) is 0. The normalized spacial score (nSPS) is 19.4. The molecule has 7 atom stereocenters. The molecule has 0 amide bonds. The van der Waals surface area contributed by atoms with Gasteiger partial charge in [-0.1, -0.05) is 0 Å². The molecule has 14 nitrogen and oxygen atoms in total. The molecule has 1 aliphatic heterocycles. The Bertz CT molecular complexity index is 3670. The van der Waals surface area contributed by atoms with Gasteiger partial charge < -0.3 is 47.4 Å². The molecule has 0 aliphatic carbocycles. The van der Waals surface area contributed by atoms with Crippen LogP contribution in [0.15, 0.2) is 24.3 Å². The topological polar surface area (TPSA) is 161 Å². The lowest BCUT2D eigenvalue weighted by atomic mass is 9.88. The van der Waals surface area contributed by atoms with Gasteiger partial charge in [-0.15, -0.1) is 0 Å². The second-order valence-corrected chi connectivity index (χ2v) is 25.1. The summed E-state index contributed by atoms with van der Waals surface area (Å²) in [7, 11) is 0. The third-order valence-corrected chi connectivity index (χ3v) is 16.2. The van der Waals surface area contributed by atoms with E-state index in [1.54, 1.807) is 0 Å². The number of esters is 4. The summed E-state index contributed by atoms with van der Waals surface area (Å²) < 4.78 is 765. The quantitative estimate of drug-likeness (QED) is 0.0262. The lowest BCUT2D eigenvalue weighted by Crippen LogP contribution is -2.74. The monoisotopic (exact) mass is 1920 g/mol. The van der Waals surface area contributed by atoms with Crippen molar-refractivity contribution in [1.82, 2.24) is 0 Å². The molecule has 1 fully saturated rings. The fourth-order valence-corrected chi connectivity index (χ4v) is 9.45. The Kier molecular flexibility index (Phi) is 32.5. The Morgan fingerprint density at radius 3 is 0.828 bits per heavy atom. The number of ether oxygens (including phenoxy) is 10. The SMILES string of the molecule is CC(=O)OC[C@H]1O[C@@H](Oc2ccc(OCC(OCCCC(F)(F)C(F)(F)C(F)(F)C(F)(F)C(F)(F)C(F)(F)C(F)(F)C(F)(F)F)C(COCCCC(F)(F)C(F)(F)C(F)(F)C(F)(F)C(F)(F)C(F)(F)C(F)(F)C(F)(F)F)OCCCC(F)(F)C(F)(F)C(F)(F)C(F)(F)C(F)(F)C(F)(F)C(F)(F)C(F)(F)F)cc2)[C@H](OC(C)=O)[C@@H](OC(C)=O)[C@H]1OC(C)=O. The van der Waals surface area contributed by atoms with Gasteiger partial charge in [0.05, 0.1) is 6.61 Å². The van der Waals surface area contributed by atoms with Crippen LogP contribution in [0.4, 0.5) is 224 Å². The van der Waals surface area contributed by atoms with Crippen molar-refractivity contribution in [2.75, 3.05) is 39.6 Å². The maximum absolute atomic E-state index is 15.1. The summed E-state index contributed by atoms with van der Waals surface area (Å²) in [6, 6.07) is 1.93. The Morgan fingerprint density at radius 1 is 0.303 bits per heavy atom. The molecule has 0 radical (unpaired) electrons. The van der Waals surface area contributed by atoms with Crippen LogP contribution in [0.1, 0.15) is 66.2 Å². The number of hydrogen-bond acceptors (Lipinski definition) is 14. The summed E-state index contributed by atoms with van der Waals surface area (Å²) >= 11 is 0. The highest BCUT2D eigenvalue weighted by molar-refractivity contribution is 5.69. The Labute approximate surface area is 641 Å². The number of carbonyl (C=O) groups is 4. The van der Waals surface area contributed by atoms with Crippen molar-refractivity contribution in [1.29, 1.82) is 0 Å². The number of carbonyl (C=O) groups excluding carboxylic acids is 4. The molecule has 0 N–H and O–H groups in total. The van der Waals surface area contributed by atoms with E-state index in [1.165, 1.54) is 0 Å². The largest absolute Gasteiger partial charge is 0.491 e. The third kappa shape index (κ3) is 19.9. The van der Waals surface area contributed by atoms with Gasteiger partial charge in [0.2, 0.25) is 12.4 Å². The zero-order valence-corrected chi connectivity index (χ0v) is 58.8. The third-order valence-electron chi connectivity index (χ3n) is 16.2. The summed E-state index contributed by atoms with van der Waals surface area (Å²) in [5.74, 6) is -191. The molecule has 65 heteroatoms. The molecule has 716 valence electrons. The molecule has 2 unspecified atom stereocenters. The van der Waals surface area contributed by atoms with Crippen molar-refractivity contribution in [2.45, 2.75) is 252 Å². The lowest BCUT2D eigenvalue weighted by Gasteiger charge is -2.43. The fraction of sp³-hybridized carbons (Fsp3) is 0.825. The minimum Gasteiger partial charge on any atom is -0.491 e. The zero-order chi connectivity index (χ0) is 96.9. The molecule has 1 saturated heterocycles. The first-order valence-electron chi connectivity index (χ1n) is 31.3. The van der Waals surface area contributed by atoms with E-state index in [4.69, 9.17) is 37.9 Å². The summed E-state index contributed by atoms with van der Waals surface area (Å²) in [6.07, 6.45) is -60.1. The molecule has 1 aromatic rings. The van der Waals surface area contributed by atoms with E-state index in [0.717, 1.165) is 6.92 Å². The Morgan fingerprint density at radius 2 is 0.549 bits per heavy atom. The standard InChI is InChI=1S/C57H47F51O14/c1-21(109)116-20-29-30(118-22(2)110)31(119-23(3)111)32(120-24(4)112)33(122-29)121-26-10-8-25(9-11-26)117-19-28(115-17-7-14-36(62,63)39(68,69)42(74,75)45(80,81)48(86,87)51(92,93)54(98,99)57(106,107)108)27(114-16-6-13-35(60,61)38(66,67)41(72,73)44(78,79)47(84,85)50(90,91)53(96,97)56(103,104)105)18-113-15-5-12-34(58,59)37(64,65)40(70,71)43(76,77)46(82,83)49(88,89)52(94,95)55(100,101)102/h8-11,27-33H,5-7,12-20H2,1-4H3/t27?,28?,29-,30+,31+,32-,33-/m1/s1. The molecule has 0 saturated carbocycles. The van der Waals surface area contributed by atoms with Gasteiger partial charge in [0.25, 0.3) is 0 Å². The van der Waals surface area contributed by atoms with E-state index in [2.05, 4.69) is 9.47 Å². The molecular weight excluding hydrogens is 1880 g/mol. The fourth-order valence-electron chi connectivity index (χ4n) is 9.45. The average Bonchev–Trinajstić information content (AvgIpc) is 0.703. The second-order valence-electron chi connectivity index (χ2n) is 25.1. The summed E-state index contributed by atoms with van der Waals surface area (Å²) in [5, 5.41) is 0. The highest BCUT2D eigenvalue weighted by Gasteiger charge is 2.99. The number of rotatable bonds is 45. The van der Waals surface area contributed by atoms with Crippen molar-refractivity contribution in [3.8, 4) is 11.5 Å². The van der Waals surface area contributed by atoms with Gasteiger partial charge in [-0.3, -0.25) is 19.2 Å². The van der Waals surface area contributed by atoms with E-state index in [0.29, 0.717) is 45.0 Å². The van der Waals surface area contributed by atoms with Gasteiger partial charge in [-0.25, -0.2) is 0 Å². The maximum atomic E-state index is 15.1. The first kappa shape index (κ1) is 111. The molecule has 0 spiro atoms. The van der Waals surface area contributed by atoms with Crippen LogP contribution in [0, 0.1) is 0 Å². The predicted octanol–water partition coefficient (Wildman–Crippen LogP) is 19.7. The number of halogens is 51. The lowest BCUT2D eigenvalue weighted by molar-refractivity contribution is -0.461. The molecule has 1 heterocycles. The van der Waals surface area contributed by atoms with Gasteiger partial charge in [0.15, 0.2) is 12.2 Å². The van der Waals surface area contributed by atoms with Crippen LogP contribution < -0.4 is 9.47 Å². The van der Waals surface area contributed by atoms with Crippen molar-refractivity contribution >= 4 is 23.9 Å². The summed E-state index contributed by atoms with van der Waals surface area (Å²) in [6.45, 7) is -9.79. The first-order valence-corrected chi connectivity index (χ1v) is 31.3. The molecule has 2 rings (SSSR count). The van der Waals surface area contributed by atoms with Crippen molar-refractivity contribution in [3.63, 3.8) is 0 Å². The first-order chi connectivity index (χ1) is 53.7. The second kappa shape index (κ2) is 35.7. The van der Waals surface area contributed by atoms with Crippen molar-refractivity contribution in [3.05, 3.63) is 24.3 Å². The van der Waals surface area contributed by atoms with Crippen molar-refractivity contribution in [2.24, 2.45) is 0 Å². The highest BCUT2D eigenvalue weighted by atomic mass is 19.5. The van der Waals surface area contributed by atoms with E-state index in [-0.39, 0.29) is 0 Å². The van der Waals surface area contributed by atoms with E-state index in [9.17, 15) is 226 Å². The van der Waals surface area contributed by atoms with Crippen molar-refractivity contribution < 1.29 is 290 Å². The van der Waals surface area contributed by atoms with Crippen LogP contribution >= 0.6 is 0 Å². The minimum atomic E-state index is -9.30. The predicted molar refractivity (Wildman–Crippen MR) is 285 cm³/mol. The molecule has 1 aromatic carbocycles. The van der Waals surface area contributed by atoms with Crippen LogP contribution in [0.25, 0.3) is 0 Å². The van der Waals surface area contributed by atoms with Gasteiger partial charge in [-0.05, 0) is 43.5 Å².